The predicted octanol–water partition coefficient (Wildman–Crippen LogP) is 1.55. The fourth-order valence-electron chi connectivity index (χ4n) is 1.37. The van der Waals surface area contributed by atoms with Gasteiger partial charge in [0.25, 0.3) is 0 Å². The van der Waals surface area contributed by atoms with E-state index in [2.05, 4.69) is 10.2 Å². The van der Waals surface area contributed by atoms with E-state index in [0.717, 1.165) is 11.2 Å². The molecule has 2 heterocycles. The molecule has 0 atom stereocenters. The Hall–Kier alpha value is -1.24. The van der Waals surface area contributed by atoms with Crippen molar-refractivity contribution in [3.05, 3.63) is 28.7 Å². The van der Waals surface area contributed by atoms with Gasteiger partial charge < -0.3 is 9.47 Å². The van der Waals surface area contributed by atoms with Crippen LogP contribution in [0.4, 0.5) is 0 Å². The maximum Gasteiger partial charge on any atom is 0.199 e. The summed E-state index contributed by atoms with van der Waals surface area (Å²) in [7, 11) is 1.65. The zero-order valence-corrected chi connectivity index (χ0v) is 9.79. The number of fused-ring (bicyclic) bond motifs is 1. The molecular weight excluding hydrogens is 226 g/mol. The second-order valence-corrected chi connectivity index (χ2v) is 3.73. The summed E-state index contributed by atoms with van der Waals surface area (Å²) in [4.78, 5) is 0. The lowest BCUT2D eigenvalue weighted by Crippen LogP contribution is -2.02. The van der Waals surface area contributed by atoms with Crippen molar-refractivity contribution in [3.63, 3.8) is 0 Å². The van der Waals surface area contributed by atoms with Gasteiger partial charge in [-0.3, -0.25) is 9.50 Å². The molecule has 0 bridgehead atoms. The largest absolute Gasteiger partial charge is 0.382 e. The molecule has 2 aromatic rings. The highest BCUT2D eigenvalue weighted by molar-refractivity contribution is 7.71. The molecule has 6 heteroatoms. The minimum atomic E-state index is 0.548. The molecule has 1 N–H and O–H groups in total. The average molecular weight is 239 g/mol. The number of rotatable bonds is 5. The van der Waals surface area contributed by atoms with Gasteiger partial charge in [0.05, 0.1) is 19.8 Å². The van der Waals surface area contributed by atoms with Gasteiger partial charge in [0.2, 0.25) is 0 Å². The molecule has 2 rings (SSSR count). The van der Waals surface area contributed by atoms with Crippen LogP contribution >= 0.6 is 12.2 Å². The first-order valence-electron chi connectivity index (χ1n) is 4.93. The molecule has 0 aliphatic carbocycles. The Labute approximate surface area is 98.0 Å². The number of methoxy groups -OCH3 is 1. The molecule has 5 nitrogen and oxygen atoms in total. The first-order valence-corrected chi connectivity index (χ1v) is 5.34. The first-order chi connectivity index (χ1) is 7.81. The van der Waals surface area contributed by atoms with Crippen LogP contribution in [0.25, 0.3) is 5.65 Å². The molecule has 0 radical (unpaired) electrons. The van der Waals surface area contributed by atoms with Crippen molar-refractivity contribution in [2.45, 2.75) is 6.61 Å². The molecule has 0 fully saturated rings. The van der Waals surface area contributed by atoms with Crippen LogP contribution in [0.15, 0.2) is 18.3 Å². The van der Waals surface area contributed by atoms with Crippen LogP contribution in [-0.2, 0) is 16.1 Å². The number of ether oxygens (including phenoxy) is 2. The second kappa shape index (κ2) is 5.20. The van der Waals surface area contributed by atoms with Gasteiger partial charge >= 0.3 is 0 Å². The normalized spacial score (nSPS) is 11.1. The van der Waals surface area contributed by atoms with E-state index in [-0.39, 0.29) is 0 Å². The fraction of sp³-hybridized carbons (Fsp3) is 0.400. The third-order valence-electron chi connectivity index (χ3n) is 2.17. The number of hydrogen-bond donors (Lipinski definition) is 1. The van der Waals surface area contributed by atoms with Gasteiger partial charge in [0.15, 0.2) is 10.4 Å². The van der Waals surface area contributed by atoms with Gasteiger partial charge in [0, 0.05) is 13.3 Å². The van der Waals surface area contributed by atoms with E-state index in [1.807, 2.05) is 22.7 Å². The Bertz CT molecular complexity index is 520. The minimum Gasteiger partial charge on any atom is -0.382 e. The van der Waals surface area contributed by atoms with E-state index in [9.17, 15) is 0 Å². The summed E-state index contributed by atoms with van der Waals surface area (Å²) in [6, 6.07) is 3.87. The molecule has 0 saturated carbocycles. The summed E-state index contributed by atoms with van der Waals surface area (Å²) in [6.07, 6.45) is 1.92. The van der Waals surface area contributed by atoms with E-state index in [1.165, 1.54) is 0 Å². The summed E-state index contributed by atoms with van der Waals surface area (Å²) in [6.45, 7) is 1.74. The molecular formula is C10H13N3O2S. The Balaban J connectivity index is 2.07. The zero-order valence-electron chi connectivity index (χ0n) is 8.97. The smallest absolute Gasteiger partial charge is 0.199 e. The van der Waals surface area contributed by atoms with Gasteiger partial charge in [-0.05, 0) is 23.8 Å². The van der Waals surface area contributed by atoms with Gasteiger partial charge in [0.1, 0.15) is 0 Å². The predicted molar refractivity (Wildman–Crippen MR) is 61.9 cm³/mol. The van der Waals surface area contributed by atoms with E-state index in [1.54, 1.807) is 7.11 Å². The minimum absolute atomic E-state index is 0.548. The molecule has 0 unspecified atom stereocenters. The maximum absolute atomic E-state index is 5.42. The molecule has 0 aliphatic heterocycles. The highest BCUT2D eigenvalue weighted by Gasteiger charge is 1.99. The number of nitrogens with one attached hydrogen (secondary N) is 1. The lowest BCUT2D eigenvalue weighted by Gasteiger charge is -2.03. The van der Waals surface area contributed by atoms with Crippen molar-refractivity contribution in [1.29, 1.82) is 0 Å². The van der Waals surface area contributed by atoms with Crippen LogP contribution in [0.2, 0.25) is 0 Å². The first kappa shape index (κ1) is 11.3. The van der Waals surface area contributed by atoms with Crippen LogP contribution in [0.1, 0.15) is 5.56 Å². The highest BCUT2D eigenvalue weighted by atomic mass is 32.1. The van der Waals surface area contributed by atoms with Crippen molar-refractivity contribution < 1.29 is 9.47 Å². The van der Waals surface area contributed by atoms with Crippen molar-refractivity contribution >= 4 is 17.9 Å². The van der Waals surface area contributed by atoms with E-state index in [4.69, 9.17) is 21.7 Å². The van der Waals surface area contributed by atoms with Crippen LogP contribution in [-0.4, -0.2) is 34.9 Å². The van der Waals surface area contributed by atoms with Crippen LogP contribution < -0.4 is 0 Å². The SMILES string of the molecule is COCCOCc1ccc2n[nH]c(=S)n2c1. The number of H-pyrrole nitrogens is 1. The van der Waals surface area contributed by atoms with E-state index >= 15 is 0 Å². The van der Waals surface area contributed by atoms with Gasteiger partial charge in [-0.2, -0.15) is 5.10 Å². The Morgan fingerprint density at radius 1 is 1.44 bits per heavy atom. The van der Waals surface area contributed by atoms with Crippen LogP contribution in [0.3, 0.4) is 0 Å². The number of hydrogen-bond acceptors (Lipinski definition) is 4. The molecule has 2 aromatic heterocycles. The monoisotopic (exact) mass is 239 g/mol. The quantitative estimate of drug-likeness (QED) is 0.635. The van der Waals surface area contributed by atoms with Gasteiger partial charge in [-0.15, -0.1) is 0 Å². The third-order valence-corrected chi connectivity index (χ3v) is 2.46. The number of pyridine rings is 1. The van der Waals surface area contributed by atoms with Crippen molar-refractivity contribution in [2.75, 3.05) is 20.3 Å². The topological polar surface area (TPSA) is 51.5 Å². The van der Waals surface area contributed by atoms with Crippen molar-refractivity contribution in [3.8, 4) is 0 Å². The molecule has 16 heavy (non-hydrogen) atoms. The number of nitrogens with zero attached hydrogens (tertiary/aromatic N) is 2. The van der Waals surface area contributed by atoms with Crippen molar-refractivity contribution in [2.24, 2.45) is 0 Å². The summed E-state index contributed by atoms with van der Waals surface area (Å²) in [5, 5.41) is 6.79. The Morgan fingerprint density at radius 2 is 2.31 bits per heavy atom. The lowest BCUT2D eigenvalue weighted by atomic mass is 10.3. The fourth-order valence-corrected chi connectivity index (χ4v) is 1.56. The molecule has 0 aromatic carbocycles. The van der Waals surface area contributed by atoms with Gasteiger partial charge in [-0.1, -0.05) is 6.07 Å². The second-order valence-electron chi connectivity index (χ2n) is 3.34. The highest BCUT2D eigenvalue weighted by Crippen LogP contribution is 2.05. The van der Waals surface area contributed by atoms with Gasteiger partial charge in [-0.25, -0.2) is 0 Å². The average Bonchev–Trinajstić information content (AvgIpc) is 2.67. The standard InChI is InChI=1S/C10H13N3O2S/c1-14-4-5-15-7-8-2-3-9-11-12-10(16)13(9)6-8/h2-3,6H,4-5,7H2,1H3,(H,12,16). The summed E-state index contributed by atoms with van der Waals surface area (Å²) >= 11 is 5.08. The number of aromatic nitrogens is 3. The Kier molecular flexibility index (Phi) is 3.66. The maximum atomic E-state index is 5.42. The molecule has 86 valence electrons. The summed E-state index contributed by atoms with van der Waals surface area (Å²) < 4.78 is 12.7. The van der Waals surface area contributed by atoms with E-state index < -0.39 is 0 Å². The Morgan fingerprint density at radius 3 is 3.12 bits per heavy atom. The van der Waals surface area contributed by atoms with E-state index in [0.29, 0.717) is 24.6 Å². The van der Waals surface area contributed by atoms with Crippen LogP contribution in [0, 0.1) is 4.77 Å². The lowest BCUT2D eigenvalue weighted by molar-refractivity contribution is 0.0615. The molecule has 0 saturated heterocycles. The summed E-state index contributed by atoms with van der Waals surface area (Å²) in [5.74, 6) is 0. The zero-order chi connectivity index (χ0) is 11.4. The molecule has 0 spiro atoms. The third kappa shape index (κ3) is 2.46. The summed E-state index contributed by atoms with van der Waals surface area (Å²) in [5.41, 5.74) is 1.87. The molecule has 0 aliphatic rings. The molecule has 0 amide bonds. The van der Waals surface area contributed by atoms with Crippen molar-refractivity contribution in [1.82, 2.24) is 14.6 Å². The number of aromatic amines is 1. The van der Waals surface area contributed by atoms with Crippen LogP contribution in [0.5, 0.6) is 0 Å².